The minimum absolute atomic E-state index is 0.0384. The molecule has 0 aliphatic carbocycles. The van der Waals surface area contributed by atoms with Crippen LogP contribution in [0.3, 0.4) is 0 Å². The molecule has 2 aromatic heterocycles. The highest BCUT2D eigenvalue weighted by Crippen LogP contribution is 2.25. The number of amides is 1. The molecule has 132 valence electrons. The number of para-hydroxylation sites is 1. The summed E-state index contributed by atoms with van der Waals surface area (Å²) < 4.78 is 9.26. The molecule has 0 saturated heterocycles. The van der Waals surface area contributed by atoms with Gasteiger partial charge in [-0.05, 0) is 35.7 Å². The number of ether oxygens (including phenoxy) is 1. The van der Waals surface area contributed by atoms with Crippen LogP contribution in [0.5, 0.6) is 0 Å². The van der Waals surface area contributed by atoms with Gasteiger partial charge in [0.05, 0.1) is 17.8 Å². The first kappa shape index (κ1) is 16.4. The number of benzene rings is 2. The van der Waals surface area contributed by atoms with Gasteiger partial charge in [0.1, 0.15) is 6.54 Å². The summed E-state index contributed by atoms with van der Waals surface area (Å²) in [6, 6.07) is 18.1. The third-order valence-corrected chi connectivity index (χ3v) is 4.62. The number of fused-ring (bicyclic) bond motifs is 2. The van der Waals surface area contributed by atoms with E-state index in [4.69, 9.17) is 4.74 Å². The molecule has 1 amide bonds. The summed E-state index contributed by atoms with van der Waals surface area (Å²) in [4.78, 5) is 12.6. The van der Waals surface area contributed by atoms with Crippen molar-refractivity contribution in [2.24, 2.45) is 0 Å². The molecule has 5 heteroatoms. The predicted molar refractivity (Wildman–Crippen MR) is 104 cm³/mol. The van der Waals surface area contributed by atoms with E-state index in [9.17, 15) is 4.79 Å². The fourth-order valence-electron chi connectivity index (χ4n) is 3.34. The first-order chi connectivity index (χ1) is 12.8. The van der Waals surface area contributed by atoms with Crippen molar-refractivity contribution in [1.82, 2.24) is 9.13 Å². The standard InChI is InChI=1S/C21H21N3O2/c1-26-14-13-23-12-10-17-18(6-4-8-20(17)23)22-21(25)15-24-11-9-16-5-2-3-7-19(16)24/h2-12H,13-15H2,1H3,(H,22,25). The zero-order valence-electron chi connectivity index (χ0n) is 14.7. The molecule has 0 aliphatic heterocycles. The third kappa shape index (κ3) is 3.09. The second-order valence-electron chi connectivity index (χ2n) is 6.29. The van der Waals surface area contributed by atoms with Crippen molar-refractivity contribution in [2.75, 3.05) is 19.0 Å². The molecule has 0 bridgehead atoms. The molecular formula is C21H21N3O2. The van der Waals surface area contributed by atoms with E-state index < -0.39 is 0 Å². The topological polar surface area (TPSA) is 48.2 Å². The van der Waals surface area contributed by atoms with E-state index in [1.165, 1.54) is 0 Å². The van der Waals surface area contributed by atoms with Crippen LogP contribution >= 0.6 is 0 Å². The van der Waals surface area contributed by atoms with Crippen LogP contribution in [0.25, 0.3) is 21.8 Å². The molecule has 0 saturated carbocycles. The Kier molecular flexibility index (Phi) is 4.46. The lowest BCUT2D eigenvalue weighted by atomic mass is 10.2. The third-order valence-electron chi connectivity index (χ3n) is 4.62. The molecule has 4 rings (SSSR count). The predicted octanol–water partition coefficient (Wildman–Crippen LogP) is 3.88. The van der Waals surface area contributed by atoms with Gasteiger partial charge >= 0.3 is 0 Å². The number of nitrogens with zero attached hydrogens (tertiary/aromatic N) is 2. The number of hydrogen-bond acceptors (Lipinski definition) is 2. The van der Waals surface area contributed by atoms with Gasteiger partial charge in [0.2, 0.25) is 5.91 Å². The normalized spacial score (nSPS) is 11.3. The molecule has 0 spiro atoms. The summed E-state index contributed by atoms with van der Waals surface area (Å²) in [7, 11) is 1.70. The quantitative estimate of drug-likeness (QED) is 0.575. The number of methoxy groups -OCH3 is 1. The van der Waals surface area contributed by atoms with Crippen LogP contribution in [-0.2, 0) is 22.6 Å². The van der Waals surface area contributed by atoms with Crippen molar-refractivity contribution >= 4 is 33.4 Å². The number of nitrogens with one attached hydrogen (secondary N) is 1. The fourth-order valence-corrected chi connectivity index (χ4v) is 3.34. The average Bonchev–Trinajstić information content (AvgIpc) is 3.25. The first-order valence-corrected chi connectivity index (χ1v) is 8.67. The number of aromatic nitrogens is 2. The van der Waals surface area contributed by atoms with Crippen molar-refractivity contribution in [3.63, 3.8) is 0 Å². The van der Waals surface area contributed by atoms with Crippen LogP contribution in [0, 0.1) is 0 Å². The Morgan fingerprint density at radius 1 is 0.962 bits per heavy atom. The lowest BCUT2D eigenvalue weighted by molar-refractivity contribution is -0.116. The lowest BCUT2D eigenvalue weighted by Crippen LogP contribution is -2.18. The molecule has 1 N–H and O–H groups in total. The summed E-state index contributed by atoms with van der Waals surface area (Å²) in [5.74, 6) is -0.0384. The van der Waals surface area contributed by atoms with E-state index in [0.717, 1.165) is 34.0 Å². The van der Waals surface area contributed by atoms with E-state index in [1.807, 2.05) is 65.5 Å². The maximum Gasteiger partial charge on any atom is 0.244 e. The molecule has 4 aromatic rings. The monoisotopic (exact) mass is 347 g/mol. The van der Waals surface area contributed by atoms with Gasteiger partial charge in [0.25, 0.3) is 0 Å². The Morgan fingerprint density at radius 2 is 1.77 bits per heavy atom. The Bertz CT molecular complexity index is 1060. The van der Waals surface area contributed by atoms with E-state index in [-0.39, 0.29) is 12.5 Å². The second kappa shape index (κ2) is 7.06. The van der Waals surface area contributed by atoms with Crippen molar-refractivity contribution in [3.05, 3.63) is 67.0 Å². The van der Waals surface area contributed by atoms with Crippen molar-refractivity contribution in [1.29, 1.82) is 0 Å². The summed E-state index contributed by atoms with van der Waals surface area (Å²) in [5.41, 5.74) is 2.98. The summed E-state index contributed by atoms with van der Waals surface area (Å²) in [6.07, 6.45) is 3.98. The van der Waals surface area contributed by atoms with Gasteiger partial charge in [-0.25, -0.2) is 0 Å². The highest BCUT2D eigenvalue weighted by Gasteiger charge is 2.10. The van der Waals surface area contributed by atoms with Crippen molar-refractivity contribution < 1.29 is 9.53 Å². The Labute approximate surface area is 151 Å². The van der Waals surface area contributed by atoms with Crippen LogP contribution < -0.4 is 5.32 Å². The van der Waals surface area contributed by atoms with E-state index in [0.29, 0.717) is 6.61 Å². The van der Waals surface area contributed by atoms with Gasteiger partial charge in [-0.3, -0.25) is 4.79 Å². The average molecular weight is 347 g/mol. The summed E-state index contributed by atoms with van der Waals surface area (Å²) in [5, 5.41) is 5.23. The number of rotatable bonds is 6. The highest BCUT2D eigenvalue weighted by atomic mass is 16.5. The number of hydrogen-bond donors (Lipinski definition) is 1. The molecule has 2 heterocycles. The lowest BCUT2D eigenvalue weighted by Gasteiger charge is -2.10. The molecule has 0 atom stereocenters. The zero-order valence-corrected chi connectivity index (χ0v) is 14.7. The van der Waals surface area contributed by atoms with Crippen LogP contribution in [0.1, 0.15) is 0 Å². The van der Waals surface area contributed by atoms with E-state index in [1.54, 1.807) is 7.11 Å². The molecule has 0 aliphatic rings. The van der Waals surface area contributed by atoms with Gasteiger partial charge in [0.15, 0.2) is 0 Å². The maximum absolute atomic E-state index is 12.6. The van der Waals surface area contributed by atoms with E-state index >= 15 is 0 Å². The van der Waals surface area contributed by atoms with Gasteiger partial charge in [0, 0.05) is 37.0 Å². The Hall–Kier alpha value is -3.05. The van der Waals surface area contributed by atoms with Crippen LogP contribution in [0.4, 0.5) is 5.69 Å². The van der Waals surface area contributed by atoms with Gasteiger partial charge in [-0.1, -0.05) is 24.3 Å². The number of carbonyl (C=O) groups is 1. The SMILES string of the molecule is COCCn1ccc2c(NC(=O)Cn3ccc4ccccc43)cccc21. The Balaban J connectivity index is 1.55. The highest BCUT2D eigenvalue weighted by molar-refractivity contribution is 6.01. The minimum Gasteiger partial charge on any atom is -0.383 e. The summed E-state index contributed by atoms with van der Waals surface area (Å²) >= 11 is 0. The van der Waals surface area contributed by atoms with Gasteiger partial charge in [-0.2, -0.15) is 0 Å². The zero-order chi connectivity index (χ0) is 17.9. The first-order valence-electron chi connectivity index (χ1n) is 8.67. The summed E-state index contributed by atoms with van der Waals surface area (Å²) in [6.45, 7) is 1.72. The molecule has 2 aromatic carbocycles. The molecule has 0 fully saturated rings. The van der Waals surface area contributed by atoms with Crippen molar-refractivity contribution in [2.45, 2.75) is 13.1 Å². The molecule has 0 unspecified atom stereocenters. The van der Waals surface area contributed by atoms with Gasteiger partial charge < -0.3 is 19.2 Å². The second-order valence-corrected chi connectivity index (χ2v) is 6.29. The van der Waals surface area contributed by atoms with E-state index in [2.05, 4.69) is 16.0 Å². The molecule has 26 heavy (non-hydrogen) atoms. The fraction of sp³-hybridized carbons (Fsp3) is 0.190. The molecular weight excluding hydrogens is 326 g/mol. The molecule has 0 radical (unpaired) electrons. The van der Waals surface area contributed by atoms with Crippen LogP contribution in [0.15, 0.2) is 67.0 Å². The number of anilines is 1. The van der Waals surface area contributed by atoms with Crippen molar-refractivity contribution in [3.8, 4) is 0 Å². The smallest absolute Gasteiger partial charge is 0.244 e. The minimum atomic E-state index is -0.0384. The largest absolute Gasteiger partial charge is 0.383 e. The maximum atomic E-state index is 12.6. The molecule has 5 nitrogen and oxygen atoms in total. The van der Waals surface area contributed by atoms with Crippen LogP contribution in [-0.4, -0.2) is 28.8 Å². The van der Waals surface area contributed by atoms with Crippen LogP contribution in [0.2, 0.25) is 0 Å². The Morgan fingerprint density at radius 3 is 2.65 bits per heavy atom. The van der Waals surface area contributed by atoms with Gasteiger partial charge in [-0.15, -0.1) is 0 Å². The number of carbonyl (C=O) groups excluding carboxylic acids is 1.